The van der Waals surface area contributed by atoms with Gasteiger partial charge in [-0.1, -0.05) is 24.3 Å². The normalized spacial score (nSPS) is 12.0. The molecule has 2 rings (SSSR count). The van der Waals surface area contributed by atoms with Crippen molar-refractivity contribution in [1.82, 2.24) is 0 Å². The molecule has 0 bridgehead atoms. The van der Waals surface area contributed by atoms with Crippen molar-refractivity contribution in [3.63, 3.8) is 0 Å². The Balaban J connectivity index is 2.46. The fourth-order valence-electron chi connectivity index (χ4n) is 2.32. The fraction of sp³-hybridized carbons (Fsp3) is 0.235. The summed E-state index contributed by atoms with van der Waals surface area (Å²) in [5, 5.41) is 8.75. The lowest BCUT2D eigenvalue weighted by atomic mass is 10.2. The predicted molar refractivity (Wildman–Crippen MR) is 89.3 cm³/mol. The van der Waals surface area contributed by atoms with Gasteiger partial charge in [0.15, 0.2) is 0 Å². The first kappa shape index (κ1) is 19.8. The number of nitrogens with zero attached hydrogens (tertiary/aromatic N) is 1. The predicted octanol–water partition coefficient (Wildman–Crippen LogP) is 3.77. The van der Waals surface area contributed by atoms with Gasteiger partial charge in [0.05, 0.1) is 16.1 Å². The number of carboxylic acids is 1. The van der Waals surface area contributed by atoms with E-state index in [1.54, 1.807) is 6.07 Å². The molecule has 140 valence electrons. The largest absolute Gasteiger partial charge is 0.481 e. The van der Waals surface area contributed by atoms with Crippen LogP contribution >= 0.6 is 0 Å². The smallest absolute Gasteiger partial charge is 0.416 e. The summed E-state index contributed by atoms with van der Waals surface area (Å²) in [6.45, 7) is -0.259. The summed E-state index contributed by atoms with van der Waals surface area (Å²) in [5.41, 5.74) is -1.16. The number of hydrogen-bond donors (Lipinski definition) is 1. The van der Waals surface area contributed by atoms with Gasteiger partial charge in [0.1, 0.15) is 0 Å². The van der Waals surface area contributed by atoms with Crippen molar-refractivity contribution >= 4 is 21.7 Å². The minimum absolute atomic E-state index is 0.0440. The molecule has 9 heteroatoms. The second-order valence-corrected chi connectivity index (χ2v) is 7.30. The van der Waals surface area contributed by atoms with Crippen LogP contribution in [0.1, 0.15) is 18.4 Å². The van der Waals surface area contributed by atoms with E-state index in [1.165, 1.54) is 30.3 Å². The number of aliphatic carboxylic acids is 1. The van der Waals surface area contributed by atoms with Crippen molar-refractivity contribution in [2.75, 3.05) is 10.8 Å². The lowest BCUT2D eigenvalue weighted by Crippen LogP contribution is -2.32. The van der Waals surface area contributed by atoms with Crippen LogP contribution in [0.3, 0.4) is 0 Å². The molecule has 0 atom stereocenters. The fourth-order valence-corrected chi connectivity index (χ4v) is 3.84. The molecule has 26 heavy (non-hydrogen) atoms. The number of sulfonamides is 1. The van der Waals surface area contributed by atoms with E-state index in [0.717, 1.165) is 22.5 Å². The van der Waals surface area contributed by atoms with Gasteiger partial charge in [-0.3, -0.25) is 9.10 Å². The Morgan fingerprint density at radius 3 is 2.27 bits per heavy atom. The van der Waals surface area contributed by atoms with E-state index in [2.05, 4.69) is 0 Å². The van der Waals surface area contributed by atoms with Crippen LogP contribution in [0.25, 0.3) is 0 Å². The third-order valence-electron chi connectivity index (χ3n) is 3.54. The van der Waals surface area contributed by atoms with E-state index in [0.29, 0.717) is 0 Å². The average Bonchev–Trinajstić information content (AvgIpc) is 2.58. The maximum Gasteiger partial charge on any atom is 0.416 e. The molecule has 0 heterocycles. The molecular formula is C17H16F3NO4S. The van der Waals surface area contributed by atoms with Gasteiger partial charge in [-0.15, -0.1) is 0 Å². The Morgan fingerprint density at radius 1 is 1.04 bits per heavy atom. The van der Waals surface area contributed by atoms with Crippen LogP contribution in [0.4, 0.5) is 18.9 Å². The van der Waals surface area contributed by atoms with Crippen LogP contribution in [0.2, 0.25) is 0 Å². The number of halogens is 3. The van der Waals surface area contributed by atoms with E-state index >= 15 is 0 Å². The van der Waals surface area contributed by atoms with E-state index in [9.17, 15) is 26.4 Å². The first-order valence-electron chi connectivity index (χ1n) is 7.59. The highest BCUT2D eigenvalue weighted by Crippen LogP contribution is 2.33. The van der Waals surface area contributed by atoms with Gasteiger partial charge in [-0.05, 0) is 36.8 Å². The van der Waals surface area contributed by atoms with Crippen molar-refractivity contribution in [2.24, 2.45) is 0 Å². The highest BCUT2D eigenvalue weighted by atomic mass is 32.2. The molecule has 0 unspecified atom stereocenters. The molecular weight excluding hydrogens is 371 g/mol. The molecule has 0 spiro atoms. The number of benzene rings is 2. The van der Waals surface area contributed by atoms with Crippen molar-refractivity contribution in [3.8, 4) is 0 Å². The Hall–Kier alpha value is -2.55. The maximum atomic E-state index is 13.0. The molecule has 0 fully saturated rings. The van der Waals surface area contributed by atoms with Gasteiger partial charge in [0, 0.05) is 13.0 Å². The monoisotopic (exact) mass is 387 g/mol. The van der Waals surface area contributed by atoms with Gasteiger partial charge in [0.25, 0.3) is 10.0 Å². The van der Waals surface area contributed by atoms with Crippen LogP contribution in [-0.2, 0) is 21.0 Å². The van der Waals surface area contributed by atoms with E-state index < -0.39 is 27.7 Å². The summed E-state index contributed by atoms with van der Waals surface area (Å²) in [4.78, 5) is 10.6. The molecule has 2 aromatic carbocycles. The zero-order valence-corrected chi connectivity index (χ0v) is 14.3. The molecule has 0 saturated heterocycles. The SMILES string of the molecule is O=C(O)CCCN(c1cccc(C(F)(F)F)c1)S(=O)(=O)c1ccccc1. The Labute approximate surface area is 148 Å². The third-order valence-corrected chi connectivity index (χ3v) is 5.39. The Morgan fingerprint density at radius 2 is 1.69 bits per heavy atom. The molecule has 1 N–H and O–H groups in total. The minimum atomic E-state index is -4.63. The third kappa shape index (κ3) is 4.75. The van der Waals surface area contributed by atoms with Crippen molar-refractivity contribution in [3.05, 3.63) is 60.2 Å². The van der Waals surface area contributed by atoms with E-state index in [4.69, 9.17) is 5.11 Å². The zero-order chi connectivity index (χ0) is 19.4. The first-order valence-corrected chi connectivity index (χ1v) is 9.03. The first-order chi connectivity index (χ1) is 12.1. The number of carboxylic acid groups (broad SMARTS) is 1. The topological polar surface area (TPSA) is 74.7 Å². The second kappa shape index (κ2) is 7.77. The summed E-state index contributed by atoms with van der Waals surface area (Å²) in [7, 11) is -4.14. The van der Waals surface area contributed by atoms with Gasteiger partial charge in [0.2, 0.25) is 0 Å². The van der Waals surface area contributed by atoms with Gasteiger partial charge >= 0.3 is 12.1 Å². The maximum absolute atomic E-state index is 13.0. The number of anilines is 1. The molecule has 5 nitrogen and oxygen atoms in total. The molecule has 0 aliphatic rings. The van der Waals surface area contributed by atoms with Crippen LogP contribution in [0.5, 0.6) is 0 Å². The van der Waals surface area contributed by atoms with Gasteiger partial charge < -0.3 is 5.11 Å². The zero-order valence-electron chi connectivity index (χ0n) is 13.5. The number of alkyl halides is 3. The van der Waals surface area contributed by atoms with Crippen molar-refractivity contribution < 1.29 is 31.5 Å². The molecule has 2 aromatic rings. The Kier molecular flexibility index (Phi) is 5.91. The van der Waals surface area contributed by atoms with Gasteiger partial charge in [-0.25, -0.2) is 8.42 Å². The van der Waals surface area contributed by atoms with Gasteiger partial charge in [-0.2, -0.15) is 13.2 Å². The summed E-state index contributed by atoms with van der Waals surface area (Å²) >= 11 is 0. The average molecular weight is 387 g/mol. The quantitative estimate of drug-likeness (QED) is 0.785. The number of rotatable bonds is 7. The lowest BCUT2D eigenvalue weighted by molar-refractivity contribution is -0.138. The van der Waals surface area contributed by atoms with Crippen LogP contribution < -0.4 is 4.31 Å². The van der Waals surface area contributed by atoms with E-state index in [-0.39, 0.29) is 30.0 Å². The number of hydrogen-bond acceptors (Lipinski definition) is 3. The van der Waals surface area contributed by atoms with Crippen LogP contribution in [0.15, 0.2) is 59.5 Å². The molecule has 0 aliphatic heterocycles. The molecule has 0 radical (unpaired) electrons. The number of carbonyl (C=O) groups is 1. The summed E-state index contributed by atoms with van der Waals surface area (Å²) in [6.07, 6.45) is -4.98. The van der Waals surface area contributed by atoms with Crippen molar-refractivity contribution in [2.45, 2.75) is 23.9 Å². The van der Waals surface area contributed by atoms with E-state index in [1.807, 2.05) is 0 Å². The lowest BCUT2D eigenvalue weighted by Gasteiger charge is -2.25. The Bertz CT molecular complexity index is 867. The minimum Gasteiger partial charge on any atom is -0.481 e. The summed E-state index contributed by atoms with van der Waals surface area (Å²) < 4.78 is 65.4. The molecule has 0 amide bonds. The highest BCUT2D eigenvalue weighted by Gasteiger charge is 2.32. The standard InChI is InChI=1S/C17H16F3NO4S/c18-17(19,20)13-6-4-7-14(12-13)21(11-5-10-16(22)23)26(24,25)15-8-2-1-3-9-15/h1-4,6-9,12H,5,10-11H2,(H,22,23). The molecule has 0 aliphatic carbocycles. The molecule has 0 saturated carbocycles. The van der Waals surface area contributed by atoms with Crippen LogP contribution in [0, 0.1) is 0 Å². The van der Waals surface area contributed by atoms with Crippen molar-refractivity contribution in [1.29, 1.82) is 0 Å². The van der Waals surface area contributed by atoms with Crippen LogP contribution in [-0.4, -0.2) is 26.0 Å². The highest BCUT2D eigenvalue weighted by molar-refractivity contribution is 7.92. The second-order valence-electron chi connectivity index (χ2n) is 5.44. The molecule has 0 aromatic heterocycles. The summed E-state index contributed by atoms with van der Waals surface area (Å²) in [5.74, 6) is -1.12. The summed E-state index contributed by atoms with van der Waals surface area (Å²) in [6, 6.07) is 11.2.